The zero-order chi connectivity index (χ0) is 22.2. The van der Waals surface area contributed by atoms with E-state index in [0.717, 1.165) is 0 Å². The van der Waals surface area contributed by atoms with Gasteiger partial charge in [0.1, 0.15) is 6.61 Å². The minimum atomic E-state index is -6.13. The van der Waals surface area contributed by atoms with Gasteiger partial charge in [-0.05, 0) is 0 Å². The Kier molecular flexibility index (Phi) is 9.30. The quantitative estimate of drug-likeness (QED) is 0.171. The van der Waals surface area contributed by atoms with E-state index in [1.54, 1.807) is 0 Å². The Hall–Kier alpha value is -2.45. The number of hydrogen-bond donors (Lipinski definition) is 0. The van der Waals surface area contributed by atoms with Gasteiger partial charge in [-0.15, -0.1) is 0 Å². The average Bonchev–Trinajstić information content (AvgIpc) is 2.55. The Bertz CT molecular complexity index is 582. The molecule has 0 atom stereocenters. The van der Waals surface area contributed by atoms with Crippen LogP contribution in [0.3, 0.4) is 0 Å². The van der Waals surface area contributed by atoms with Crippen LogP contribution in [0.5, 0.6) is 0 Å². The molecule has 0 aromatic heterocycles. The summed E-state index contributed by atoms with van der Waals surface area (Å²) in [6, 6.07) is 0. The molecule has 0 saturated heterocycles. The fourth-order valence-electron chi connectivity index (χ4n) is 1.08. The SMILES string of the molecule is C=C(COCCOC(=O)C(F)(F)C(F)(F)F)C(=O)OCC(=O)OCC(F)(F)F. The molecule has 7 nitrogen and oxygen atoms in total. The maximum Gasteiger partial charge on any atom is 0.465 e. The highest BCUT2D eigenvalue weighted by Crippen LogP contribution is 2.36. The third-order valence-corrected chi connectivity index (χ3v) is 2.36. The molecule has 0 rings (SSSR count). The lowest BCUT2D eigenvalue weighted by Gasteiger charge is -2.17. The van der Waals surface area contributed by atoms with Crippen molar-refractivity contribution in [2.45, 2.75) is 18.3 Å². The van der Waals surface area contributed by atoms with Gasteiger partial charge in [-0.2, -0.15) is 35.1 Å². The number of hydrogen-bond acceptors (Lipinski definition) is 7. The summed E-state index contributed by atoms with van der Waals surface area (Å²) < 4.78 is 112. The second-order valence-electron chi connectivity index (χ2n) is 4.72. The van der Waals surface area contributed by atoms with Gasteiger partial charge in [0, 0.05) is 0 Å². The molecule has 0 aliphatic rings. The van der Waals surface area contributed by atoms with Gasteiger partial charge in [-0.1, -0.05) is 6.58 Å². The summed E-state index contributed by atoms with van der Waals surface area (Å²) in [5, 5.41) is 0. The number of esters is 3. The summed E-state index contributed by atoms with van der Waals surface area (Å²) in [6.45, 7) is -2.35. The highest BCUT2D eigenvalue weighted by Gasteiger charge is 2.64. The topological polar surface area (TPSA) is 88.1 Å². The minimum absolute atomic E-state index is 0.490. The standard InChI is InChI=1S/C13H12F8O7/c1-7(9(23)27-5-8(22)28-6-11(14,15)16)4-25-2-3-26-10(24)12(17,18)13(19,20)21/h1-6H2. The molecule has 0 radical (unpaired) electrons. The smallest absolute Gasteiger partial charge is 0.459 e. The largest absolute Gasteiger partial charge is 0.465 e. The minimum Gasteiger partial charge on any atom is -0.459 e. The van der Waals surface area contributed by atoms with E-state index >= 15 is 0 Å². The third kappa shape index (κ3) is 9.48. The molecule has 0 saturated carbocycles. The van der Waals surface area contributed by atoms with Crippen molar-refractivity contribution in [3.63, 3.8) is 0 Å². The van der Waals surface area contributed by atoms with Crippen molar-refractivity contribution in [3.8, 4) is 0 Å². The predicted molar refractivity (Wildman–Crippen MR) is 69.9 cm³/mol. The van der Waals surface area contributed by atoms with Crippen molar-refractivity contribution < 1.29 is 68.5 Å². The van der Waals surface area contributed by atoms with Crippen LogP contribution < -0.4 is 0 Å². The highest BCUT2D eigenvalue weighted by molar-refractivity contribution is 5.89. The summed E-state index contributed by atoms with van der Waals surface area (Å²) in [5.41, 5.74) is -0.490. The summed E-state index contributed by atoms with van der Waals surface area (Å²) in [7, 11) is 0. The first-order valence-corrected chi connectivity index (χ1v) is 6.84. The van der Waals surface area contributed by atoms with Crippen molar-refractivity contribution in [2.75, 3.05) is 33.0 Å². The van der Waals surface area contributed by atoms with Crippen LogP contribution in [0.25, 0.3) is 0 Å². The van der Waals surface area contributed by atoms with Crippen molar-refractivity contribution in [1.82, 2.24) is 0 Å². The van der Waals surface area contributed by atoms with E-state index in [0.29, 0.717) is 0 Å². The van der Waals surface area contributed by atoms with E-state index in [-0.39, 0.29) is 0 Å². The summed E-state index contributed by atoms with van der Waals surface area (Å²) >= 11 is 0. The number of carbonyl (C=O) groups excluding carboxylic acids is 3. The lowest BCUT2D eigenvalue weighted by Crippen LogP contribution is -2.45. The molecule has 0 spiro atoms. The maximum atomic E-state index is 12.5. The van der Waals surface area contributed by atoms with Crippen LogP contribution >= 0.6 is 0 Å². The molecule has 0 fully saturated rings. The van der Waals surface area contributed by atoms with Crippen LogP contribution in [0.1, 0.15) is 0 Å². The van der Waals surface area contributed by atoms with E-state index < -0.39 is 74.8 Å². The maximum absolute atomic E-state index is 12.5. The molecular weight excluding hydrogens is 420 g/mol. The average molecular weight is 432 g/mol. The van der Waals surface area contributed by atoms with Gasteiger partial charge in [-0.25, -0.2) is 14.4 Å². The van der Waals surface area contributed by atoms with E-state index in [1.807, 2.05) is 0 Å². The Labute approximate surface area is 151 Å². The first kappa shape index (κ1) is 25.6. The first-order chi connectivity index (χ1) is 12.6. The van der Waals surface area contributed by atoms with Gasteiger partial charge >= 0.3 is 36.2 Å². The van der Waals surface area contributed by atoms with Crippen molar-refractivity contribution in [3.05, 3.63) is 12.2 Å². The van der Waals surface area contributed by atoms with Crippen molar-refractivity contribution in [1.29, 1.82) is 0 Å². The van der Waals surface area contributed by atoms with Gasteiger partial charge < -0.3 is 18.9 Å². The van der Waals surface area contributed by atoms with E-state index in [4.69, 9.17) is 0 Å². The fourth-order valence-corrected chi connectivity index (χ4v) is 1.08. The Morgan fingerprint density at radius 3 is 1.86 bits per heavy atom. The number of carbonyl (C=O) groups is 3. The van der Waals surface area contributed by atoms with Crippen molar-refractivity contribution in [2.24, 2.45) is 0 Å². The summed E-state index contributed by atoms with van der Waals surface area (Å²) in [5.74, 6) is -11.3. The molecule has 0 N–H and O–H groups in total. The monoisotopic (exact) mass is 432 g/mol. The zero-order valence-corrected chi connectivity index (χ0v) is 13.6. The van der Waals surface area contributed by atoms with Gasteiger partial charge in [-0.3, -0.25) is 0 Å². The molecule has 0 amide bonds. The van der Waals surface area contributed by atoms with Crippen LogP contribution in [0.2, 0.25) is 0 Å². The normalized spacial score (nSPS) is 12.3. The lowest BCUT2D eigenvalue weighted by molar-refractivity contribution is -0.280. The van der Waals surface area contributed by atoms with E-state index in [9.17, 15) is 49.5 Å². The Balaban J connectivity index is 4.05. The van der Waals surface area contributed by atoms with Crippen LogP contribution in [-0.2, 0) is 33.3 Å². The highest BCUT2D eigenvalue weighted by atomic mass is 19.4. The van der Waals surface area contributed by atoms with Crippen LogP contribution in [0, 0.1) is 0 Å². The zero-order valence-electron chi connectivity index (χ0n) is 13.6. The van der Waals surface area contributed by atoms with Crippen LogP contribution in [0.15, 0.2) is 12.2 Å². The molecule has 0 aromatic rings. The summed E-state index contributed by atoms with van der Waals surface area (Å²) in [6.07, 6.45) is -10.9. The van der Waals surface area contributed by atoms with Gasteiger partial charge in [0.15, 0.2) is 13.2 Å². The first-order valence-electron chi connectivity index (χ1n) is 6.84. The molecule has 0 heterocycles. The Morgan fingerprint density at radius 1 is 0.786 bits per heavy atom. The van der Waals surface area contributed by atoms with Crippen LogP contribution in [0.4, 0.5) is 35.1 Å². The van der Waals surface area contributed by atoms with Gasteiger partial charge in [0.05, 0.1) is 18.8 Å². The van der Waals surface area contributed by atoms with Gasteiger partial charge in [0.25, 0.3) is 0 Å². The molecule has 0 aliphatic heterocycles. The lowest BCUT2D eigenvalue weighted by atomic mass is 10.3. The molecular formula is C13H12F8O7. The molecule has 28 heavy (non-hydrogen) atoms. The summed E-state index contributed by atoms with van der Waals surface area (Å²) in [4.78, 5) is 32.8. The van der Waals surface area contributed by atoms with Crippen LogP contribution in [-0.4, -0.2) is 69.2 Å². The fraction of sp³-hybridized carbons (Fsp3) is 0.615. The molecule has 162 valence electrons. The second-order valence-corrected chi connectivity index (χ2v) is 4.72. The second kappa shape index (κ2) is 10.2. The number of ether oxygens (including phenoxy) is 4. The molecule has 0 unspecified atom stereocenters. The van der Waals surface area contributed by atoms with E-state index in [2.05, 4.69) is 25.5 Å². The predicted octanol–water partition coefficient (Wildman–Crippen LogP) is 1.95. The van der Waals surface area contributed by atoms with Gasteiger partial charge in [0.2, 0.25) is 0 Å². The molecule has 0 bridgehead atoms. The number of rotatable bonds is 10. The molecule has 0 aliphatic carbocycles. The Morgan fingerprint density at radius 2 is 1.36 bits per heavy atom. The number of alkyl halides is 8. The number of halogens is 8. The van der Waals surface area contributed by atoms with Crippen molar-refractivity contribution >= 4 is 17.9 Å². The molecule has 15 heteroatoms. The third-order valence-electron chi connectivity index (χ3n) is 2.36. The molecule has 0 aromatic carbocycles. The van der Waals surface area contributed by atoms with E-state index in [1.165, 1.54) is 0 Å².